The van der Waals surface area contributed by atoms with Crippen molar-refractivity contribution in [3.05, 3.63) is 29.8 Å². The van der Waals surface area contributed by atoms with E-state index in [9.17, 15) is 9.59 Å². The Hall–Kier alpha value is -1.86. The fourth-order valence-corrected chi connectivity index (χ4v) is 3.47. The third-order valence-electron chi connectivity index (χ3n) is 5.09. The summed E-state index contributed by atoms with van der Waals surface area (Å²) in [5.41, 5.74) is 1.60. The average Bonchev–Trinajstić information content (AvgIpc) is 3.05. The number of nitrogens with zero attached hydrogens (tertiary/aromatic N) is 1. The molecule has 0 bridgehead atoms. The van der Waals surface area contributed by atoms with E-state index in [0.717, 1.165) is 23.9 Å². The van der Waals surface area contributed by atoms with Gasteiger partial charge in [-0.1, -0.05) is 51.5 Å². The first kappa shape index (κ1) is 23.4. The highest BCUT2D eigenvalue weighted by Crippen LogP contribution is 2.21. The lowest BCUT2D eigenvalue weighted by Crippen LogP contribution is -2.48. The molecule has 0 aliphatic carbocycles. The molecule has 7 heteroatoms. The van der Waals surface area contributed by atoms with E-state index in [2.05, 4.69) is 0 Å². The maximum absolute atomic E-state index is 12.9. The third-order valence-corrected chi connectivity index (χ3v) is 5.09. The number of carbonyl (C=O) groups excluding carboxylic acids is 2. The van der Waals surface area contributed by atoms with Gasteiger partial charge in [-0.15, -0.1) is 0 Å². The van der Waals surface area contributed by atoms with Crippen LogP contribution in [0.3, 0.4) is 0 Å². The number of rotatable bonds is 9. The van der Waals surface area contributed by atoms with Gasteiger partial charge in [-0.25, -0.2) is 4.79 Å². The van der Waals surface area contributed by atoms with Crippen molar-refractivity contribution in [2.45, 2.75) is 72.1 Å². The van der Waals surface area contributed by atoms with Gasteiger partial charge in [0.05, 0.1) is 19.3 Å². The van der Waals surface area contributed by atoms with Crippen LogP contribution in [0.25, 0.3) is 0 Å². The first-order valence-corrected chi connectivity index (χ1v) is 10.4. The summed E-state index contributed by atoms with van der Waals surface area (Å²) in [6, 6.07) is 7.23. The lowest BCUT2D eigenvalue weighted by Gasteiger charge is -2.32. The number of methoxy groups -OCH3 is 1. The Kier molecular flexibility index (Phi) is 8.29. The molecule has 0 aromatic heterocycles. The molecule has 1 aliphatic heterocycles. The van der Waals surface area contributed by atoms with Crippen molar-refractivity contribution in [3.8, 4) is 0 Å². The van der Waals surface area contributed by atoms with E-state index >= 15 is 0 Å². The second kappa shape index (κ2) is 10.3. The Bertz CT molecular complexity index is 689. The Balaban J connectivity index is 2.19. The molecule has 0 radical (unpaired) electrons. The average molecular weight is 403 g/mol. The number of hydrogen-bond donors (Lipinski definition) is 0. The van der Waals surface area contributed by atoms with E-state index in [1.165, 1.54) is 7.11 Å². The van der Waals surface area contributed by atoms with Crippen LogP contribution < -0.4 is 5.46 Å². The number of esters is 1. The van der Waals surface area contributed by atoms with Gasteiger partial charge in [0.25, 0.3) is 0 Å². The zero-order valence-corrected chi connectivity index (χ0v) is 18.6. The summed E-state index contributed by atoms with van der Waals surface area (Å²) in [6.07, 6.45) is 2.15. The van der Waals surface area contributed by atoms with Crippen LogP contribution in [0.2, 0.25) is 0 Å². The van der Waals surface area contributed by atoms with Gasteiger partial charge < -0.3 is 18.9 Å². The zero-order valence-electron chi connectivity index (χ0n) is 18.6. The minimum atomic E-state index is -0.605. The van der Waals surface area contributed by atoms with Gasteiger partial charge in [-0.3, -0.25) is 4.79 Å². The minimum absolute atomic E-state index is 0.0239. The van der Waals surface area contributed by atoms with Crippen LogP contribution in [0.1, 0.15) is 59.4 Å². The van der Waals surface area contributed by atoms with Gasteiger partial charge >= 0.3 is 13.1 Å². The van der Waals surface area contributed by atoms with Crippen molar-refractivity contribution in [1.82, 2.24) is 4.90 Å². The smallest absolute Gasteiger partial charge is 0.467 e. The van der Waals surface area contributed by atoms with Crippen LogP contribution in [-0.2, 0) is 30.2 Å². The first-order valence-electron chi connectivity index (χ1n) is 10.4. The molecular formula is C22H34BNO5. The monoisotopic (exact) mass is 403 g/mol. The van der Waals surface area contributed by atoms with Crippen LogP contribution in [0.5, 0.6) is 0 Å². The molecule has 0 saturated carbocycles. The summed E-state index contributed by atoms with van der Waals surface area (Å²) >= 11 is 0. The van der Waals surface area contributed by atoms with Gasteiger partial charge in [-0.2, -0.15) is 0 Å². The molecule has 1 unspecified atom stereocenters. The third kappa shape index (κ3) is 6.31. The first-order chi connectivity index (χ1) is 13.7. The number of benzene rings is 1. The molecule has 160 valence electrons. The van der Waals surface area contributed by atoms with E-state index in [1.807, 2.05) is 58.9 Å². The van der Waals surface area contributed by atoms with Gasteiger partial charge in [0.15, 0.2) is 0 Å². The predicted octanol–water partition coefficient (Wildman–Crippen LogP) is 2.92. The number of ether oxygens (including phenoxy) is 1. The van der Waals surface area contributed by atoms with Crippen LogP contribution in [-0.4, -0.2) is 49.3 Å². The Labute approximate surface area is 175 Å². The fourth-order valence-electron chi connectivity index (χ4n) is 3.47. The van der Waals surface area contributed by atoms with E-state index < -0.39 is 6.04 Å². The zero-order chi connectivity index (χ0) is 21.6. The number of amides is 1. The van der Waals surface area contributed by atoms with Gasteiger partial charge in [-0.05, 0) is 37.2 Å². The van der Waals surface area contributed by atoms with Gasteiger partial charge in [0.1, 0.15) is 6.04 Å². The highest BCUT2D eigenvalue weighted by Gasteiger charge is 2.38. The van der Waals surface area contributed by atoms with E-state index in [1.54, 1.807) is 4.90 Å². The van der Waals surface area contributed by atoms with Crippen LogP contribution >= 0.6 is 0 Å². The molecule has 1 amide bonds. The second-order valence-electron chi connectivity index (χ2n) is 8.60. The molecule has 29 heavy (non-hydrogen) atoms. The molecule has 2 rings (SSSR count). The second-order valence-corrected chi connectivity index (χ2v) is 8.60. The summed E-state index contributed by atoms with van der Waals surface area (Å²) < 4.78 is 16.6. The molecule has 0 N–H and O–H groups in total. The molecule has 1 aromatic carbocycles. The molecule has 1 heterocycles. The van der Waals surface area contributed by atoms with Crippen molar-refractivity contribution < 1.29 is 23.6 Å². The van der Waals surface area contributed by atoms with Gasteiger partial charge in [0.2, 0.25) is 5.91 Å². The molecule has 1 fully saturated rings. The summed E-state index contributed by atoms with van der Waals surface area (Å²) in [4.78, 5) is 27.0. The number of unbranched alkanes of at least 4 members (excludes halogenated alkanes) is 1. The summed E-state index contributed by atoms with van der Waals surface area (Å²) in [5.74, 6) is -0.449. The van der Waals surface area contributed by atoms with Crippen molar-refractivity contribution in [3.63, 3.8) is 0 Å². The maximum atomic E-state index is 12.9. The Morgan fingerprint density at radius 2 is 1.90 bits per heavy atom. The van der Waals surface area contributed by atoms with Crippen LogP contribution in [0.15, 0.2) is 24.3 Å². The lowest BCUT2D eigenvalue weighted by atomic mass is 9.79. The summed E-state index contributed by atoms with van der Waals surface area (Å²) in [5, 5.41) is 0. The van der Waals surface area contributed by atoms with E-state index in [-0.39, 0.29) is 30.5 Å². The minimum Gasteiger partial charge on any atom is -0.467 e. The lowest BCUT2D eigenvalue weighted by molar-refractivity contribution is -0.155. The molecule has 1 saturated heterocycles. The number of hydrogen-bond acceptors (Lipinski definition) is 5. The molecular weight excluding hydrogens is 369 g/mol. The molecule has 1 aromatic rings. The fraction of sp³-hybridized carbons (Fsp3) is 0.636. The maximum Gasteiger partial charge on any atom is 0.494 e. The molecule has 1 aliphatic rings. The quantitative estimate of drug-likeness (QED) is 0.469. The summed E-state index contributed by atoms with van der Waals surface area (Å²) in [7, 11) is 0.990. The van der Waals surface area contributed by atoms with E-state index in [0.29, 0.717) is 19.6 Å². The number of carbonyl (C=O) groups is 2. The molecule has 0 spiro atoms. The highest BCUT2D eigenvalue weighted by molar-refractivity contribution is 6.61. The highest BCUT2D eigenvalue weighted by atomic mass is 16.7. The SMILES string of the molecule is CCCCC(=O)N(Cc1ccc(B2OCC(C)(C)O2)cc1)C(C(=O)OC)C(C)C. The van der Waals surface area contributed by atoms with Crippen molar-refractivity contribution >= 4 is 24.5 Å². The normalized spacial score (nSPS) is 16.7. The molecule has 1 atom stereocenters. The van der Waals surface area contributed by atoms with E-state index in [4.69, 9.17) is 14.0 Å². The Morgan fingerprint density at radius 1 is 1.24 bits per heavy atom. The van der Waals surface area contributed by atoms with Crippen molar-refractivity contribution in [2.24, 2.45) is 5.92 Å². The largest absolute Gasteiger partial charge is 0.494 e. The summed E-state index contributed by atoms with van der Waals surface area (Å²) in [6.45, 7) is 10.8. The van der Waals surface area contributed by atoms with Crippen molar-refractivity contribution in [2.75, 3.05) is 13.7 Å². The topological polar surface area (TPSA) is 65.1 Å². The molecule has 6 nitrogen and oxygen atoms in total. The van der Waals surface area contributed by atoms with Crippen LogP contribution in [0, 0.1) is 5.92 Å². The standard InChI is InChI=1S/C22H34BNO5/c1-7-8-9-19(25)24(20(16(2)3)21(26)27-6)14-17-10-12-18(13-11-17)23-28-15-22(4,5)29-23/h10-13,16,20H,7-9,14-15H2,1-6H3. The van der Waals surface area contributed by atoms with Crippen LogP contribution in [0.4, 0.5) is 0 Å². The Morgan fingerprint density at radius 3 is 2.38 bits per heavy atom. The van der Waals surface area contributed by atoms with Gasteiger partial charge in [0, 0.05) is 13.0 Å². The van der Waals surface area contributed by atoms with Crippen molar-refractivity contribution in [1.29, 1.82) is 0 Å². The predicted molar refractivity (Wildman–Crippen MR) is 114 cm³/mol.